The van der Waals surface area contributed by atoms with Gasteiger partial charge >= 0.3 is 0 Å². The SMILES string of the molecule is C=CCNC(=O)C(C)N1CCCC(CN)C1. The van der Waals surface area contributed by atoms with E-state index in [1.165, 1.54) is 6.42 Å². The van der Waals surface area contributed by atoms with Gasteiger partial charge < -0.3 is 11.1 Å². The summed E-state index contributed by atoms with van der Waals surface area (Å²) in [5, 5.41) is 2.83. The van der Waals surface area contributed by atoms with Crippen molar-refractivity contribution in [3.8, 4) is 0 Å². The Hall–Kier alpha value is -0.870. The van der Waals surface area contributed by atoms with Crippen LogP contribution in [-0.4, -0.2) is 43.0 Å². The van der Waals surface area contributed by atoms with Gasteiger partial charge in [-0.15, -0.1) is 6.58 Å². The number of amides is 1. The van der Waals surface area contributed by atoms with E-state index in [-0.39, 0.29) is 11.9 Å². The molecule has 0 aromatic carbocycles. The third-order valence-electron chi connectivity index (χ3n) is 3.23. The van der Waals surface area contributed by atoms with Crippen molar-refractivity contribution >= 4 is 5.91 Å². The van der Waals surface area contributed by atoms with Crippen LogP contribution < -0.4 is 11.1 Å². The van der Waals surface area contributed by atoms with Gasteiger partial charge in [0, 0.05) is 13.1 Å². The van der Waals surface area contributed by atoms with Gasteiger partial charge in [-0.05, 0) is 38.8 Å². The molecular weight excluding hydrogens is 202 g/mol. The zero-order chi connectivity index (χ0) is 12.0. The Morgan fingerprint density at radius 1 is 1.75 bits per heavy atom. The highest BCUT2D eigenvalue weighted by Crippen LogP contribution is 2.17. The van der Waals surface area contributed by atoms with Crippen LogP contribution >= 0.6 is 0 Å². The summed E-state index contributed by atoms with van der Waals surface area (Å²) < 4.78 is 0. The Bertz CT molecular complexity index is 242. The van der Waals surface area contributed by atoms with Crippen LogP contribution in [0.2, 0.25) is 0 Å². The number of carbonyl (C=O) groups excluding carboxylic acids is 1. The van der Waals surface area contributed by atoms with Gasteiger partial charge in [0.1, 0.15) is 0 Å². The fourth-order valence-electron chi connectivity index (χ4n) is 2.13. The van der Waals surface area contributed by atoms with E-state index in [4.69, 9.17) is 5.73 Å². The van der Waals surface area contributed by atoms with Gasteiger partial charge in [-0.1, -0.05) is 6.08 Å². The summed E-state index contributed by atoms with van der Waals surface area (Å²) in [5.74, 6) is 0.626. The number of nitrogens with zero attached hydrogens (tertiary/aromatic N) is 1. The van der Waals surface area contributed by atoms with Crippen LogP contribution in [0.1, 0.15) is 19.8 Å². The molecule has 1 heterocycles. The maximum absolute atomic E-state index is 11.8. The number of nitrogens with two attached hydrogens (primary N) is 1. The van der Waals surface area contributed by atoms with Crippen LogP contribution in [0.25, 0.3) is 0 Å². The van der Waals surface area contributed by atoms with Gasteiger partial charge in [-0.25, -0.2) is 0 Å². The Morgan fingerprint density at radius 2 is 2.50 bits per heavy atom. The van der Waals surface area contributed by atoms with Crippen LogP contribution in [-0.2, 0) is 4.79 Å². The quantitative estimate of drug-likeness (QED) is 0.664. The molecule has 92 valence electrons. The molecule has 16 heavy (non-hydrogen) atoms. The van der Waals surface area contributed by atoms with Gasteiger partial charge in [-0.3, -0.25) is 9.69 Å². The number of rotatable bonds is 5. The molecule has 3 N–H and O–H groups in total. The molecular formula is C12H23N3O. The molecule has 1 saturated heterocycles. The second kappa shape index (κ2) is 6.66. The summed E-state index contributed by atoms with van der Waals surface area (Å²) in [6.07, 6.45) is 4.03. The van der Waals surface area contributed by atoms with Crippen LogP contribution in [0, 0.1) is 5.92 Å². The van der Waals surface area contributed by atoms with Crippen molar-refractivity contribution in [2.75, 3.05) is 26.2 Å². The Kier molecular flexibility index (Phi) is 5.49. The largest absolute Gasteiger partial charge is 0.351 e. The molecule has 0 bridgehead atoms. The molecule has 1 aliphatic rings. The van der Waals surface area contributed by atoms with Gasteiger partial charge in [0.2, 0.25) is 5.91 Å². The van der Waals surface area contributed by atoms with Crippen molar-refractivity contribution in [2.24, 2.45) is 11.7 Å². The van der Waals surface area contributed by atoms with Crippen molar-refractivity contribution in [1.82, 2.24) is 10.2 Å². The first kappa shape index (κ1) is 13.2. The van der Waals surface area contributed by atoms with Crippen LogP contribution in [0.4, 0.5) is 0 Å². The Labute approximate surface area is 97.9 Å². The topological polar surface area (TPSA) is 58.4 Å². The molecule has 1 rings (SSSR count). The van der Waals surface area contributed by atoms with Gasteiger partial charge in [0.25, 0.3) is 0 Å². The smallest absolute Gasteiger partial charge is 0.237 e. The summed E-state index contributed by atoms with van der Waals surface area (Å²) in [4.78, 5) is 14.0. The average molecular weight is 225 g/mol. The van der Waals surface area contributed by atoms with Crippen molar-refractivity contribution in [3.63, 3.8) is 0 Å². The van der Waals surface area contributed by atoms with E-state index in [1.54, 1.807) is 6.08 Å². The summed E-state index contributed by atoms with van der Waals surface area (Å²) in [7, 11) is 0. The highest BCUT2D eigenvalue weighted by atomic mass is 16.2. The third kappa shape index (κ3) is 3.61. The third-order valence-corrected chi connectivity index (χ3v) is 3.23. The minimum atomic E-state index is -0.0608. The average Bonchev–Trinajstić information content (AvgIpc) is 2.35. The monoisotopic (exact) mass is 225 g/mol. The predicted molar refractivity (Wildman–Crippen MR) is 66.0 cm³/mol. The minimum Gasteiger partial charge on any atom is -0.351 e. The van der Waals surface area contributed by atoms with Crippen molar-refractivity contribution in [3.05, 3.63) is 12.7 Å². The number of piperidine rings is 1. The molecule has 0 spiro atoms. The number of hydrogen-bond acceptors (Lipinski definition) is 3. The molecule has 4 nitrogen and oxygen atoms in total. The first-order valence-corrected chi connectivity index (χ1v) is 6.01. The molecule has 0 aromatic heterocycles. The summed E-state index contributed by atoms with van der Waals surface area (Å²) in [6, 6.07) is -0.0608. The van der Waals surface area contributed by atoms with Gasteiger partial charge in [-0.2, -0.15) is 0 Å². The number of likely N-dealkylation sites (tertiary alicyclic amines) is 1. The Morgan fingerprint density at radius 3 is 3.12 bits per heavy atom. The minimum absolute atomic E-state index is 0.0608. The molecule has 0 saturated carbocycles. The fourth-order valence-corrected chi connectivity index (χ4v) is 2.13. The van der Waals surface area contributed by atoms with E-state index in [0.29, 0.717) is 12.5 Å². The van der Waals surface area contributed by atoms with E-state index in [2.05, 4.69) is 16.8 Å². The molecule has 2 unspecified atom stereocenters. The highest BCUT2D eigenvalue weighted by molar-refractivity contribution is 5.81. The predicted octanol–water partition coefficient (Wildman–Crippen LogP) is 0.348. The zero-order valence-corrected chi connectivity index (χ0v) is 10.1. The van der Waals surface area contributed by atoms with E-state index < -0.39 is 0 Å². The molecule has 2 atom stereocenters. The first-order chi connectivity index (χ1) is 7.69. The molecule has 4 heteroatoms. The maximum Gasteiger partial charge on any atom is 0.237 e. The normalized spacial score (nSPS) is 23.8. The van der Waals surface area contributed by atoms with Gasteiger partial charge in [0.05, 0.1) is 6.04 Å². The van der Waals surface area contributed by atoms with Crippen LogP contribution in [0.5, 0.6) is 0 Å². The number of hydrogen-bond donors (Lipinski definition) is 2. The van der Waals surface area contributed by atoms with Crippen LogP contribution in [0.15, 0.2) is 12.7 Å². The van der Waals surface area contributed by atoms with E-state index >= 15 is 0 Å². The second-order valence-corrected chi connectivity index (χ2v) is 4.45. The molecule has 0 aromatic rings. The van der Waals surface area contributed by atoms with Crippen molar-refractivity contribution in [2.45, 2.75) is 25.8 Å². The molecule has 0 radical (unpaired) electrons. The number of carbonyl (C=O) groups is 1. The first-order valence-electron chi connectivity index (χ1n) is 6.01. The summed E-state index contributed by atoms with van der Waals surface area (Å²) in [6.45, 7) is 8.74. The molecule has 1 aliphatic heterocycles. The molecule has 1 amide bonds. The van der Waals surface area contributed by atoms with E-state index in [1.807, 2.05) is 6.92 Å². The number of nitrogens with one attached hydrogen (secondary N) is 1. The maximum atomic E-state index is 11.8. The van der Waals surface area contributed by atoms with Crippen LogP contribution in [0.3, 0.4) is 0 Å². The fraction of sp³-hybridized carbons (Fsp3) is 0.750. The van der Waals surface area contributed by atoms with Gasteiger partial charge in [0.15, 0.2) is 0 Å². The standard InChI is InChI=1S/C12H23N3O/c1-3-6-14-12(16)10(2)15-7-4-5-11(8-13)9-15/h3,10-11H,1,4-9,13H2,2H3,(H,14,16). The zero-order valence-electron chi connectivity index (χ0n) is 10.1. The highest BCUT2D eigenvalue weighted by Gasteiger charge is 2.26. The lowest BCUT2D eigenvalue weighted by Crippen LogP contribution is -2.50. The second-order valence-electron chi connectivity index (χ2n) is 4.45. The summed E-state index contributed by atoms with van der Waals surface area (Å²) >= 11 is 0. The molecule has 1 fully saturated rings. The van der Waals surface area contributed by atoms with E-state index in [0.717, 1.165) is 26.1 Å². The lowest BCUT2D eigenvalue weighted by molar-refractivity contribution is -0.126. The lowest BCUT2D eigenvalue weighted by Gasteiger charge is -2.35. The Balaban J connectivity index is 2.42. The lowest BCUT2D eigenvalue weighted by atomic mass is 9.97. The summed E-state index contributed by atoms with van der Waals surface area (Å²) in [5.41, 5.74) is 5.68. The van der Waals surface area contributed by atoms with Crippen molar-refractivity contribution in [1.29, 1.82) is 0 Å². The van der Waals surface area contributed by atoms with Crippen molar-refractivity contribution < 1.29 is 4.79 Å². The van der Waals surface area contributed by atoms with E-state index in [9.17, 15) is 4.79 Å². The molecule has 0 aliphatic carbocycles.